The molecular formula is C82H44F2N4O2S6. The lowest BCUT2D eigenvalue weighted by Gasteiger charge is -2.36. The molecule has 6 heterocycles. The summed E-state index contributed by atoms with van der Waals surface area (Å²) in [6, 6.07) is 63.5. The van der Waals surface area contributed by atoms with Crippen LogP contribution in [0.25, 0.3) is 92.2 Å². The number of allylic oxidation sites excluding steroid dienone is 5. The third-order valence-electron chi connectivity index (χ3n) is 19.1. The van der Waals surface area contributed by atoms with Crippen molar-refractivity contribution in [3.05, 3.63) is 338 Å². The fourth-order valence-electron chi connectivity index (χ4n) is 14.9. The largest absolute Gasteiger partial charge is 0.528 e. The van der Waals surface area contributed by atoms with Crippen LogP contribution in [0.2, 0.25) is 0 Å². The van der Waals surface area contributed by atoms with Gasteiger partial charge in [0.2, 0.25) is 0 Å². The summed E-state index contributed by atoms with van der Waals surface area (Å²) in [5.74, 6) is -1.62. The molecule has 0 aliphatic heterocycles. The van der Waals surface area contributed by atoms with Crippen molar-refractivity contribution in [3.63, 3.8) is 0 Å². The van der Waals surface area contributed by atoms with Gasteiger partial charge in [-0.2, -0.15) is 20.2 Å². The van der Waals surface area contributed by atoms with Gasteiger partial charge in [0, 0.05) is 110 Å². The quantitative estimate of drug-likeness (QED) is 0.0861. The molecule has 6 aromatic heterocycles. The predicted octanol–water partition coefficient (Wildman–Crippen LogP) is 22.8. The monoisotopic (exact) mass is 1350 g/mol. The van der Waals surface area contributed by atoms with Crippen LogP contribution in [-0.4, -0.2) is 11.6 Å². The van der Waals surface area contributed by atoms with Crippen molar-refractivity contribution in [1.29, 1.82) is 10.5 Å². The number of benzene rings is 7. The summed E-state index contributed by atoms with van der Waals surface area (Å²) < 4.78 is 44.6. The number of ketones is 2. The van der Waals surface area contributed by atoms with Crippen LogP contribution in [0.1, 0.15) is 108 Å². The summed E-state index contributed by atoms with van der Waals surface area (Å²) in [6.07, 6.45) is 3.55. The fourth-order valence-corrected chi connectivity index (χ4v) is 22.6. The van der Waals surface area contributed by atoms with Gasteiger partial charge in [-0.25, -0.2) is 8.78 Å². The Balaban J connectivity index is 0.892. The highest BCUT2D eigenvalue weighted by Gasteiger charge is 2.59. The van der Waals surface area contributed by atoms with E-state index in [-0.39, 0.29) is 50.8 Å². The number of fused-ring (bicyclic) bond motifs is 12. The molecule has 0 fully saturated rings. The molecule has 0 radical (unpaired) electrons. The number of rotatable bonds is 8. The maximum Gasteiger partial charge on any atom is 0.528 e. The van der Waals surface area contributed by atoms with E-state index in [1.165, 1.54) is 45.3 Å². The SMILES string of the molecule is [C-]#[N+]C([N+]#[C-])=C1/C(=C/c2ccc(-c3cc4sc5c(c4s3)C(c3ccc(C)cc3)(c3ccc(C)cc3)c3c(F)c4c(c(F)c3-5)C(c3ccc(C)cc3)(c3ccc(C)cc3)c3c-4sc4cc(-c5ccc(/C=C6\C(=O)c7ccccc7C6=C(C#N)C#N)s5)sc34)s2)C(=O)c2ccccc21. The minimum Gasteiger partial charge on any atom is -0.289 e. The molecule has 0 atom stereocenters. The van der Waals surface area contributed by atoms with Crippen LogP contribution >= 0.6 is 68.0 Å². The Kier molecular flexibility index (Phi) is 13.5. The number of carbonyl (C=O) groups is 2. The van der Waals surface area contributed by atoms with Crippen molar-refractivity contribution in [3.8, 4) is 52.5 Å². The number of hydrogen-bond donors (Lipinski definition) is 0. The second kappa shape index (κ2) is 22.0. The molecule has 0 unspecified atom stereocenters. The number of nitriles is 2. The average Bonchev–Trinajstić information content (AvgIpc) is 1.48. The van der Waals surface area contributed by atoms with Crippen LogP contribution < -0.4 is 0 Å². The van der Waals surface area contributed by atoms with Crippen LogP contribution in [0.3, 0.4) is 0 Å². The Morgan fingerprint density at radius 1 is 0.438 bits per heavy atom. The summed E-state index contributed by atoms with van der Waals surface area (Å²) in [5.41, 5.74) is 10.3. The number of thiophene rings is 6. The highest BCUT2D eigenvalue weighted by molar-refractivity contribution is 7.33. The Bertz CT molecular complexity index is 5490. The summed E-state index contributed by atoms with van der Waals surface area (Å²) in [7, 11) is 0. The highest BCUT2D eigenvalue weighted by Crippen LogP contribution is 2.70. The molecule has 0 saturated carbocycles. The van der Waals surface area contributed by atoms with Gasteiger partial charge in [0.15, 0.2) is 11.6 Å². The highest BCUT2D eigenvalue weighted by atomic mass is 32.1. The van der Waals surface area contributed by atoms with Crippen LogP contribution in [0.4, 0.5) is 8.78 Å². The molecule has 13 aromatic rings. The molecule has 4 aliphatic carbocycles. The van der Waals surface area contributed by atoms with E-state index in [0.29, 0.717) is 48.7 Å². The van der Waals surface area contributed by atoms with Gasteiger partial charge in [-0.3, -0.25) is 9.59 Å². The molecule has 6 nitrogen and oxygen atoms in total. The third-order valence-corrected chi connectivity index (χ3v) is 26.5. The first-order valence-electron chi connectivity index (χ1n) is 30.6. The molecule has 0 saturated heterocycles. The second-order valence-electron chi connectivity index (χ2n) is 24.5. The summed E-state index contributed by atoms with van der Waals surface area (Å²) in [5, 5.41) is 20.1. The zero-order valence-electron chi connectivity index (χ0n) is 51.3. The molecule has 7 aromatic carbocycles. The van der Waals surface area contributed by atoms with Crippen molar-refractivity contribution >= 4 is 122 Å². The molecule has 4 aliphatic rings. The predicted molar refractivity (Wildman–Crippen MR) is 389 cm³/mol. The fraction of sp³-hybridized carbons (Fsp3) is 0.0732. The van der Waals surface area contributed by atoms with Gasteiger partial charge in [-0.15, -0.1) is 68.0 Å². The minimum atomic E-state index is -1.37. The van der Waals surface area contributed by atoms with E-state index >= 15 is 8.78 Å². The number of aryl methyl sites for hydroxylation is 4. The van der Waals surface area contributed by atoms with Crippen molar-refractivity contribution in [2.45, 2.75) is 38.5 Å². The summed E-state index contributed by atoms with van der Waals surface area (Å²) in [6.45, 7) is 23.9. The second-order valence-corrected chi connectivity index (χ2v) is 30.9. The number of Topliss-reactive ketones (excluding diaryl/α,β-unsaturated/α-hetero) is 2. The Hall–Kier alpha value is -10.6. The first kappa shape index (κ1) is 59.1. The minimum absolute atomic E-state index is 0.133. The lowest BCUT2D eigenvalue weighted by molar-refractivity contribution is 0.103. The van der Waals surface area contributed by atoms with Crippen LogP contribution in [0.15, 0.2) is 205 Å². The topological polar surface area (TPSA) is 90.4 Å². The molecule has 14 heteroatoms. The maximum atomic E-state index is 20.5. The van der Waals surface area contributed by atoms with Crippen molar-refractivity contribution in [1.82, 2.24) is 0 Å². The smallest absolute Gasteiger partial charge is 0.289 e. The van der Waals surface area contributed by atoms with Crippen molar-refractivity contribution in [2.75, 3.05) is 0 Å². The molecule has 0 spiro atoms. The lowest BCUT2D eigenvalue weighted by atomic mass is 9.65. The zero-order valence-corrected chi connectivity index (χ0v) is 56.2. The van der Waals surface area contributed by atoms with E-state index in [1.807, 2.05) is 64.1 Å². The van der Waals surface area contributed by atoms with Crippen molar-refractivity contribution < 1.29 is 18.4 Å². The van der Waals surface area contributed by atoms with Gasteiger partial charge in [-0.05, 0) is 110 Å². The number of nitrogens with zero attached hydrogens (tertiary/aromatic N) is 4. The van der Waals surface area contributed by atoms with Gasteiger partial charge in [0.25, 0.3) is 0 Å². The molecule has 96 heavy (non-hydrogen) atoms. The maximum absolute atomic E-state index is 20.5. The first-order chi connectivity index (χ1) is 46.7. The van der Waals surface area contributed by atoms with Crippen LogP contribution in [0.5, 0.6) is 0 Å². The summed E-state index contributed by atoms with van der Waals surface area (Å²) >= 11 is 9.12. The van der Waals surface area contributed by atoms with Gasteiger partial charge < -0.3 is 0 Å². The normalized spacial score (nSPS) is 15.1. The summed E-state index contributed by atoms with van der Waals surface area (Å²) in [4.78, 5) is 41.7. The molecule has 0 amide bonds. The van der Waals surface area contributed by atoms with Gasteiger partial charge >= 0.3 is 5.82 Å². The zero-order chi connectivity index (χ0) is 65.8. The number of carbonyl (C=O) groups excluding carboxylic acids is 2. The van der Waals surface area contributed by atoms with E-state index in [4.69, 9.17) is 13.1 Å². The van der Waals surface area contributed by atoms with Crippen LogP contribution in [0, 0.1) is 75.1 Å². The van der Waals surface area contributed by atoms with Crippen LogP contribution in [-0.2, 0) is 10.8 Å². The van der Waals surface area contributed by atoms with E-state index in [0.717, 1.165) is 104 Å². The molecule has 17 rings (SSSR count). The number of halogens is 2. The van der Waals surface area contributed by atoms with Gasteiger partial charge in [0.05, 0.1) is 25.8 Å². The Morgan fingerprint density at radius 2 is 0.792 bits per heavy atom. The van der Waals surface area contributed by atoms with Gasteiger partial charge in [-0.1, -0.05) is 168 Å². The Labute approximate surface area is 574 Å². The van der Waals surface area contributed by atoms with E-state index < -0.39 is 22.5 Å². The average molecular weight is 1350 g/mol. The number of hydrogen-bond acceptors (Lipinski definition) is 10. The van der Waals surface area contributed by atoms with E-state index in [1.54, 1.807) is 83.4 Å². The Morgan fingerprint density at radius 3 is 1.16 bits per heavy atom. The lowest BCUT2D eigenvalue weighted by Crippen LogP contribution is -2.32. The molecular weight excluding hydrogens is 1300 g/mol. The van der Waals surface area contributed by atoms with E-state index in [9.17, 15) is 20.1 Å². The third kappa shape index (κ3) is 8.28. The van der Waals surface area contributed by atoms with Gasteiger partial charge in [0.1, 0.15) is 42.5 Å². The molecule has 454 valence electrons. The first-order valence-corrected chi connectivity index (χ1v) is 35.5. The van der Waals surface area contributed by atoms with Crippen molar-refractivity contribution in [2.24, 2.45) is 0 Å². The standard InChI is InChI=1S/C82H44F2N4O2S6/c1-41-15-23-46(24-16-41)81(47-25-17-42(2)18-26-47)68-66(78-70(81)76-62(95-78)37-60(93-76)58-33-31-50(91-58)35-56-64(45(39-85)40-86)52-11-7-9-13-54(52)74(56)89)72(83)69-67(73(68)84)79-71(82(69,48-27-19-43(3)20-28-48)49-29-21-44(4)22-30-49)77-63(96-79)38-61(94-77)59-34-32-51(92-59)36-57-65(80(87-5)88-6)53-12-8-10-14-55(53)75(57)90/h7-38H,1-4H3/b56-35-,57-36-. The molecule has 0 N–H and O–H groups in total. The molecule has 0 bridgehead atoms. The van der Waals surface area contributed by atoms with E-state index in [2.05, 4.69) is 119 Å².